The van der Waals surface area contributed by atoms with Gasteiger partial charge in [-0.25, -0.2) is 0 Å². The van der Waals surface area contributed by atoms with Crippen LogP contribution in [0.25, 0.3) is 0 Å². The van der Waals surface area contributed by atoms with Gasteiger partial charge in [0.2, 0.25) is 0 Å². The van der Waals surface area contributed by atoms with Crippen LogP contribution in [-0.2, 0) is 6.04 Å². The van der Waals surface area contributed by atoms with Gasteiger partial charge in [0, 0.05) is 13.8 Å². The SMILES string of the molecule is Cc1ccc(C[Si])c(I)c1. The predicted molar refractivity (Wildman–Crippen MR) is 53.4 cm³/mol. The van der Waals surface area contributed by atoms with E-state index < -0.39 is 0 Å². The maximum atomic E-state index is 3.47. The summed E-state index contributed by atoms with van der Waals surface area (Å²) in [6, 6.07) is 7.43. The molecule has 2 heteroatoms. The van der Waals surface area contributed by atoms with Gasteiger partial charge >= 0.3 is 0 Å². The van der Waals surface area contributed by atoms with Crippen molar-refractivity contribution in [3.8, 4) is 0 Å². The fraction of sp³-hybridized carbons (Fsp3) is 0.250. The molecule has 10 heavy (non-hydrogen) atoms. The molecule has 3 radical (unpaired) electrons. The first-order valence-corrected chi connectivity index (χ1v) is 4.92. The van der Waals surface area contributed by atoms with Crippen LogP contribution < -0.4 is 0 Å². The molecule has 1 rings (SSSR count). The summed E-state index contributed by atoms with van der Waals surface area (Å²) in [6.45, 7) is 2.11. The van der Waals surface area contributed by atoms with E-state index in [-0.39, 0.29) is 0 Å². The van der Waals surface area contributed by atoms with Crippen molar-refractivity contribution in [2.45, 2.75) is 13.0 Å². The van der Waals surface area contributed by atoms with Crippen molar-refractivity contribution in [3.63, 3.8) is 0 Å². The lowest BCUT2D eigenvalue weighted by Gasteiger charge is -2.00. The van der Waals surface area contributed by atoms with E-state index >= 15 is 0 Å². The molecule has 0 bridgehead atoms. The molecule has 0 unspecified atom stereocenters. The van der Waals surface area contributed by atoms with E-state index in [1.54, 1.807) is 0 Å². The zero-order valence-electron chi connectivity index (χ0n) is 5.82. The highest BCUT2D eigenvalue weighted by Crippen LogP contribution is 2.13. The summed E-state index contributed by atoms with van der Waals surface area (Å²) >= 11 is 2.35. The molecule has 0 spiro atoms. The summed E-state index contributed by atoms with van der Waals surface area (Å²) < 4.78 is 1.34. The summed E-state index contributed by atoms with van der Waals surface area (Å²) in [7, 11) is 3.47. The van der Waals surface area contributed by atoms with Gasteiger partial charge in [-0.05, 0) is 47.2 Å². The van der Waals surface area contributed by atoms with Crippen molar-refractivity contribution < 1.29 is 0 Å². The van der Waals surface area contributed by atoms with E-state index in [4.69, 9.17) is 0 Å². The van der Waals surface area contributed by atoms with Gasteiger partial charge in [-0.2, -0.15) is 0 Å². The van der Waals surface area contributed by atoms with Crippen molar-refractivity contribution in [1.82, 2.24) is 0 Å². The molecule has 1 aromatic carbocycles. The number of hydrogen-bond donors (Lipinski definition) is 0. The molecule has 0 aromatic heterocycles. The van der Waals surface area contributed by atoms with Gasteiger partial charge in [0.15, 0.2) is 0 Å². The fourth-order valence-corrected chi connectivity index (χ4v) is 2.33. The van der Waals surface area contributed by atoms with E-state index in [0.717, 1.165) is 6.04 Å². The van der Waals surface area contributed by atoms with E-state index in [1.807, 2.05) is 0 Å². The summed E-state index contributed by atoms with van der Waals surface area (Å²) in [5, 5.41) is 0. The quantitative estimate of drug-likeness (QED) is 0.536. The molecule has 0 nitrogen and oxygen atoms in total. The smallest absolute Gasteiger partial charge is 0.0284 e. The van der Waals surface area contributed by atoms with Crippen LogP contribution in [0, 0.1) is 10.5 Å². The van der Waals surface area contributed by atoms with Crippen LogP contribution in [0.3, 0.4) is 0 Å². The molecule has 0 fully saturated rings. The Balaban J connectivity index is 3.07. The van der Waals surface area contributed by atoms with E-state index in [2.05, 4.69) is 58.0 Å². The highest BCUT2D eigenvalue weighted by atomic mass is 127. The predicted octanol–water partition coefficient (Wildman–Crippen LogP) is 2.27. The van der Waals surface area contributed by atoms with Gasteiger partial charge in [-0.1, -0.05) is 17.7 Å². The Labute approximate surface area is 78.6 Å². The molecular weight excluding hydrogens is 251 g/mol. The zero-order chi connectivity index (χ0) is 7.56. The van der Waals surface area contributed by atoms with Crippen molar-refractivity contribution in [3.05, 3.63) is 32.9 Å². The summed E-state index contributed by atoms with van der Waals surface area (Å²) in [5.74, 6) is 0. The van der Waals surface area contributed by atoms with Crippen LogP contribution in [0.2, 0.25) is 0 Å². The topological polar surface area (TPSA) is 0 Å². The molecule has 0 heterocycles. The second-order valence-corrected chi connectivity index (χ2v) is 3.79. The Morgan fingerprint density at radius 1 is 1.50 bits per heavy atom. The zero-order valence-corrected chi connectivity index (χ0v) is 8.97. The highest BCUT2D eigenvalue weighted by Gasteiger charge is 1.94. The van der Waals surface area contributed by atoms with E-state index in [9.17, 15) is 0 Å². The van der Waals surface area contributed by atoms with E-state index in [1.165, 1.54) is 14.7 Å². The first-order chi connectivity index (χ1) is 4.74. The molecule has 0 saturated heterocycles. The molecule has 0 aliphatic heterocycles. The van der Waals surface area contributed by atoms with E-state index in [0.29, 0.717) is 0 Å². The largest absolute Gasteiger partial charge is 0.0590 e. The first-order valence-electron chi connectivity index (χ1n) is 3.13. The normalized spacial score (nSPS) is 9.90. The maximum Gasteiger partial charge on any atom is 0.0284 e. The molecule has 0 aliphatic carbocycles. The Hall–Kier alpha value is 0.167. The van der Waals surface area contributed by atoms with Crippen LogP contribution >= 0.6 is 22.6 Å². The first kappa shape index (κ1) is 8.27. The molecule has 0 saturated carbocycles. The number of halogens is 1. The Morgan fingerprint density at radius 2 is 2.20 bits per heavy atom. The molecule has 0 N–H and O–H groups in total. The Morgan fingerprint density at radius 3 is 2.70 bits per heavy atom. The number of benzene rings is 1. The third kappa shape index (κ3) is 1.82. The van der Waals surface area contributed by atoms with Gasteiger partial charge in [0.05, 0.1) is 0 Å². The second kappa shape index (κ2) is 3.53. The van der Waals surface area contributed by atoms with Gasteiger partial charge in [-0.15, -0.1) is 0 Å². The third-order valence-corrected chi connectivity index (χ3v) is 2.78. The Kier molecular flexibility index (Phi) is 2.91. The van der Waals surface area contributed by atoms with Gasteiger partial charge in [0.1, 0.15) is 0 Å². The van der Waals surface area contributed by atoms with Crippen LogP contribution in [-0.4, -0.2) is 10.2 Å². The standard InChI is InChI=1S/C8H8ISi/c1-6-2-3-7(5-10)8(9)4-6/h2-4H,5H2,1H3. The minimum atomic E-state index is 0.943. The number of hydrogen-bond acceptors (Lipinski definition) is 0. The number of aryl methyl sites for hydroxylation is 1. The van der Waals surface area contributed by atoms with Crippen LogP contribution in [0.1, 0.15) is 11.1 Å². The molecule has 1 aromatic rings. The van der Waals surface area contributed by atoms with Gasteiger partial charge in [-0.3, -0.25) is 0 Å². The maximum absolute atomic E-state index is 3.47. The van der Waals surface area contributed by atoms with Crippen molar-refractivity contribution in [2.24, 2.45) is 0 Å². The second-order valence-electron chi connectivity index (χ2n) is 2.27. The van der Waals surface area contributed by atoms with Gasteiger partial charge in [0.25, 0.3) is 0 Å². The van der Waals surface area contributed by atoms with Crippen molar-refractivity contribution >= 4 is 32.8 Å². The molecule has 51 valence electrons. The van der Waals surface area contributed by atoms with Gasteiger partial charge < -0.3 is 0 Å². The van der Waals surface area contributed by atoms with Crippen LogP contribution in [0.4, 0.5) is 0 Å². The molecule has 0 amide bonds. The molecule has 0 atom stereocenters. The lowest BCUT2D eigenvalue weighted by molar-refractivity contribution is 1.32. The average Bonchev–Trinajstić information content (AvgIpc) is 1.88. The summed E-state index contributed by atoms with van der Waals surface area (Å²) in [6.07, 6.45) is 0. The molecule has 0 aliphatic rings. The minimum Gasteiger partial charge on any atom is -0.0590 e. The fourth-order valence-electron chi connectivity index (χ4n) is 0.796. The highest BCUT2D eigenvalue weighted by molar-refractivity contribution is 14.1. The number of rotatable bonds is 1. The summed E-state index contributed by atoms with van der Waals surface area (Å²) in [4.78, 5) is 0. The minimum absolute atomic E-state index is 0.943. The monoisotopic (exact) mass is 259 g/mol. The lowest BCUT2D eigenvalue weighted by atomic mass is 10.2. The molecular formula is C8H8ISi. The third-order valence-electron chi connectivity index (χ3n) is 1.40. The van der Waals surface area contributed by atoms with Crippen LogP contribution in [0.15, 0.2) is 18.2 Å². The average molecular weight is 259 g/mol. The Bertz CT molecular complexity index is 233. The van der Waals surface area contributed by atoms with Crippen molar-refractivity contribution in [2.75, 3.05) is 0 Å². The summed E-state index contributed by atoms with van der Waals surface area (Å²) in [5.41, 5.74) is 2.69. The van der Waals surface area contributed by atoms with Crippen LogP contribution in [0.5, 0.6) is 0 Å². The lowest BCUT2D eigenvalue weighted by Crippen LogP contribution is -1.88. The van der Waals surface area contributed by atoms with Crippen molar-refractivity contribution in [1.29, 1.82) is 0 Å².